The average Bonchev–Trinajstić information content (AvgIpc) is 2.76. The smallest absolute Gasteiger partial charge is 1.00 e. The van der Waals surface area contributed by atoms with Crippen molar-refractivity contribution in [2.45, 2.75) is 0 Å². The van der Waals surface area contributed by atoms with Crippen molar-refractivity contribution in [2.24, 2.45) is 0 Å². The quantitative estimate of drug-likeness (QED) is 0.133. The van der Waals surface area contributed by atoms with Crippen LogP contribution in [0.15, 0.2) is 97.6 Å². The summed E-state index contributed by atoms with van der Waals surface area (Å²) in [6.45, 7) is 0. The van der Waals surface area contributed by atoms with E-state index in [0.717, 1.165) is 22.8 Å². The Bertz CT molecular complexity index is 810. The first-order valence-corrected chi connectivity index (χ1v) is 8.13. The summed E-state index contributed by atoms with van der Waals surface area (Å²) in [5.74, 6) is 0. The van der Waals surface area contributed by atoms with Crippen LogP contribution in [0.1, 0.15) is 0 Å². The third-order valence-electron chi connectivity index (χ3n) is 3.18. The normalized spacial score (nSPS) is 7.53. The van der Waals surface area contributed by atoms with Crippen molar-refractivity contribution in [3.63, 3.8) is 0 Å². The molecule has 0 spiro atoms. The van der Waals surface area contributed by atoms with Gasteiger partial charge in [0, 0.05) is 24.8 Å². The first-order valence-electron chi connectivity index (χ1n) is 8.13. The molecular weight excluding hydrogens is 608 g/mol. The Balaban J connectivity index is -0.000000124. The number of rotatable bonds is 2. The molecule has 0 bridgehead atoms. The van der Waals surface area contributed by atoms with E-state index in [1.54, 1.807) is 24.8 Å². The van der Waals surface area contributed by atoms with E-state index in [4.69, 9.17) is 15.3 Å². The van der Waals surface area contributed by atoms with Gasteiger partial charge in [-0.2, -0.15) is 0 Å². The molecule has 0 aliphatic heterocycles. The molecule has 4 aromatic rings. The van der Waals surface area contributed by atoms with Gasteiger partial charge >= 0.3 is 16.8 Å². The number of nitrogens with zero attached hydrogens (tertiary/aromatic N) is 5. The zero-order valence-electron chi connectivity index (χ0n) is 17.4. The molecule has 0 fully saturated rings. The van der Waals surface area contributed by atoms with E-state index in [0.29, 0.717) is 0 Å². The van der Waals surface area contributed by atoms with Crippen molar-refractivity contribution in [1.29, 1.82) is 0 Å². The van der Waals surface area contributed by atoms with Gasteiger partial charge < -0.3 is 61.2 Å². The van der Waals surface area contributed by atoms with E-state index in [1.165, 1.54) is 0 Å². The SMILES string of the molecule is O.O.O.O.O=[N+]([O-])[O-].[Co+2].[I-].c1ccc(-c2ccccn2)nc1.c1ccc(-c2ccccn2)nc1. The van der Waals surface area contributed by atoms with Crippen LogP contribution >= 0.6 is 0 Å². The van der Waals surface area contributed by atoms with Gasteiger partial charge in [-0.15, -0.1) is 0 Å². The summed E-state index contributed by atoms with van der Waals surface area (Å²) < 4.78 is 0. The Hall–Kier alpha value is -3.12. The zero-order chi connectivity index (χ0) is 20.0. The maximum absolute atomic E-state index is 8.25. The first kappa shape index (κ1) is 41.2. The van der Waals surface area contributed by atoms with Crippen molar-refractivity contribution in [3.8, 4) is 22.8 Å². The molecule has 0 aromatic carbocycles. The maximum Gasteiger partial charge on any atom is 2.00 e. The maximum atomic E-state index is 8.25. The molecule has 0 aliphatic carbocycles. The fourth-order valence-electron chi connectivity index (χ4n) is 2.06. The summed E-state index contributed by atoms with van der Waals surface area (Å²) in [6.07, 6.45) is 7.07. The summed E-state index contributed by atoms with van der Waals surface area (Å²) >= 11 is 0. The minimum Gasteiger partial charge on any atom is -1.00 e. The van der Waals surface area contributed by atoms with Crippen molar-refractivity contribution >= 4 is 0 Å². The molecule has 1 radical (unpaired) electrons. The first-order chi connectivity index (χ1) is 13.7. The van der Waals surface area contributed by atoms with Crippen LogP contribution in [0.5, 0.6) is 0 Å². The molecule has 34 heavy (non-hydrogen) atoms. The number of hydrogen-bond acceptors (Lipinski definition) is 7. The molecule has 0 amide bonds. The second-order valence-corrected chi connectivity index (χ2v) is 5.08. The van der Waals surface area contributed by atoms with E-state index in [2.05, 4.69) is 19.9 Å². The monoisotopic (exact) mass is 632 g/mol. The zero-order valence-corrected chi connectivity index (χ0v) is 20.6. The fourth-order valence-corrected chi connectivity index (χ4v) is 2.06. The molecule has 0 saturated heterocycles. The summed E-state index contributed by atoms with van der Waals surface area (Å²) in [6, 6.07) is 23.2. The summed E-state index contributed by atoms with van der Waals surface area (Å²) in [5, 5.41) is 14.8. The average molecular weight is 632 g/mol. The standard InChI is InChI=1S/2C10H8N2.Co.HI.NO3.4H2O/c2*1-3-7-11-9(5-1)10-6-2-4-8-12-10;;;2-1(3)4;;;;/h2*1-8H;;1H;;4*1H2/q;;+2;;-1;;;;/p-1. The third kappa shape index (κ3) is 16.5. The fraction of sp³-hybridized carbons (Fsp3) is 0. The predicted molar refractivity (Wildman–Crippen MR) is 120 cm³/mol. The van der Waals surface area contributed by atoms with E-state index in [-0.39, 0.29) is 62.7 Å². The molecule has 4 rings (SSSR count). The number of halogens is 1. The van der Waals surface area contributed by atoms with E-state index in [1.807, 2.05) is 72.8 Å². The van der Waals surface area contributed by atoms with Gasteiger partial charge in [-0.3, -0.25) is 19.9 Å². The topological polar surface area (TPSA) is 244 Å². The van der Waals surface area contributed by atoms with Gasteiger partial charge in [0.2, 0.25) is 0 Å². The second kappa shape index (κ2) is 24.5. The molecule has 4 heterocycles. The van der Waals surface area contributed by atoms with Gasteiger partial charge in [-0.25, -0.2) is 0 Å². The molecular formula is C20H24CoIN5O7. The largest absolute Gasteiger partial charge is 2.00 e. The Kier molecular flexibility index (Phi) is 29.7. The van der Waals surface area contributed by atoms with Crippen LogP contribution in [0.4, 0.5) is 0 Å². The van der Waals surface area contributed by atoms with Crippen LogP contribution in [0.2, 0.25) is 0 Å². The predicted octanol–water partition coefficient (Wildman–Crippen LogP) is -2.25. The molecule has 8 N–H and O–H groups in total. The molecule has 14 heteroatoms. The number of pyridine rings is 4. The molecule has 187 valence electrons. The van der Waals surface area contributed by atoms with Gasteiger partial charge in [0.05, 0.1) is 27.9 Å². The van der Waals surface area contributed by atoms with Crippen molar-refractivity contribution < 1.29 is 67.7 Å². The van der Waals surface area contributed by atoms with Gasteiger partial charge in [0.1, 0.15) is 0 Å². The molecule has 0 aliphatic rings. The Morgan fingerprint density at radius 2 is 0.676 bits per heavy atom. The van der Waals surface area contributed by atoms with Crippen LogP contribution in [-0.4, -0.2) is 46.9 Å². The molecule has 0 saturated carbocycles. The van der Waals surface area contributed by atoms with Crippen LogP contribution in [-0.2, 0) is 16.8 Å². The van der Waals surface area contributed by atoms with Crippen molar-refractivity contribution in [3.05, 3.63) is 113 Å². The van der Waals surface area contributed by atoms with Gasteiger partial charge in [-0.05, 0) is 48.5 Å². The third-order valence-corrected chi connectivity index (χ3v) is 3.18. The Morgan fingerprint density at radius 3 is 0.794 bits per heavy atom. The van der Waals surface area contributed by atoms with E-state index >= 15 is 0 Å². The van der Waals surface area contributed by atoms with Crippen LogP contribution in [0, 0.1) is 15.3 Å². The number of aromatic nitrogens is 4. The van der Waals surface area contributed by atoms with Gasteiger partial charge in [0.15, 0.2) is 0 Å². The van der Waals surface area contributed by atoms with E-state index < -0.39 is 5.09 Å². The summed E-state index contributed by atoms with van der Waals surface area (Å²) in [5.41, 5.74) is 3.66. The van der Waals surface area contributed by atoms with Crippen molar-refractivity contribution in [1.82, 2.24) is 19.9 Å². The van der Waals surface area contributed by atoms with Gasteiger partial charge in [-0.1, -0.05) is 24.3 Å². The van der Waals surface area contributed by atoms with Crippen LogP contribution in [0.3, 0.4) is 0 Å². The minimum atomic E-state index is -1.75. The second-order valence-electron chi connectivity index (χ2n) is 5.08. The molecule has 4 aromatic heterocycles. The molecule has 12 nitrogen and oxygen atoms in total. The van der Waals surface area contributed by atoms with Crippen LogP contribution in [0.25, 0.3) is 22.8 Å². The Morgan fingerprint density at radius 1 is 0.500 bits per heavy atom. The van der Waals surface area contributed by atoms with Crippen molar-refractivity contribution in [2.75, 3.05) is 0 Å². The van der Waals surface area contributed by atoms with E-state index in [9.17, 15) is 0 Å². The Labute approximate surface area is 222 Å². The van der Waals surface area contributed by atoms with Gasteiger partial charge in [0.25, 0.3) is 0 Å². The number of hydrogen-bond donors (Lipinski definition) is 0. The molecule has 0 atom stereocenters. The molecule has 0 unspecified atom stereocenters. The summed E-state index contributed by atoms with van der Waals surface area (Å²) in [4.78, 5) is 25.0. The minimum absolute atomic E-state index is 0. The summed E-state index contributed by atoms with van der Waals surface area (Å²) in [7, 11) is 0. The van der Waals surface area contributed by atoms with Crippen LogP contribution < -0.4 is 24.0 Å².